The van der Waals surface area contributed by atoms with E-state index in [1.54, 1.807) is 19.1 Å². The third kappa shape index (κ3) is 5.78. The molecule has 6 heteroatoms. The molecule has 0 aromatic heterocycles. The van der Waals surface area contributed by atoms with E-state index in [0.29, 0.717) is 6.42 Å². The molecular weight excluding hydrogens is 442 g/mol. The van der Waals surface area contributed by atoms with Crippen molar-refractivity contribution in [3.63, 3.8) is 0 Å². The number of benzene rings is 3. The van der Waals surface area contributed by atoms with E-state index in [9.17, 15) is 14.7 Å². The number of rotatable bonds is 9. The number of amides is 1. The molecule has 1 fully saturated rings. The molecule has 4 rings (SSSR count). The fourth-order valence-electron chi connectivity index (χ4n) is 4.28. The van der Waals surface area contributed by atoms with Crippen LogP contribution < -0.4 is 9.47 Å². The van der Waals surface area contributed by atoms with Gasteiger partial charge in [-0.25, -0.2) is 0 Å². The van der Waals surface area contributed by atoms with Crippen molar-refractivity contribution in [2.75, 3.05) is 14.2 Å². The number of aliphatic hydroxyl groups is 1. The van der Waals surface area contributed by atoms with E-state index in [-0.39, 0.29) is 30.2 Å². The predicted octanol–water partition coefficient (Wildman–Crippen LogP) is 3.76. The second-order valence-corrected chi connectivity index (χ2v) is 8.55. The van der Waals surface area contributed by atoms with Gasteiger partial charge in [0.05, 0.1) is 31.9 Å². The molecule has 0 spiro atoms. The maximum Gasteiger partial charge on any atom is 0.258 e. The zero-order chi connectivity index (χ0) is 24.8. The molecule has 3 aromatic carbocycles. The van der Waals surface area contributed by atoms with Crippen LogP contribution in [0.25, 0.3) is 0 Å². The first kappa shape index (κ1) is 24.2. The number of hydrogen-bond donors (Lipinski definition) is 1. The third-order valence-electron chi connectivity index (χ3n) is 6.18. The Hall–Kier alpha value is -3.90. The van der Waals surface area contributed by atoms with Gasteiger partial charge in [-0.2, -0.15) is 0 Å². The normalized spacial score (nSPS) is 17.6. The molecule has 1 N–H and O–H groups in total. The standard InChI is InChI=1S/C29H29NO5/c1-34-24-12-8-21(9-13-24)16-23(31)18-26-28(32)27(17-20-6-4-3-5-7-20)30(29(26)33)19-22-10-14-25(35-2)15-11-22/h3-15,18,23,27,31H,16-17,19H2,1-2H3/b26-18-/t23?,27-/m0/s1. The molecule has 35 heavy (non-hydrogen) atoms. The average Bonchev–Trinajstić information content (AvgIpc) is 3.09. The predicted molar refractivity (Wildman–Crippen MR) is 133 cm³/mol. The van der Waals surface area contributed by atoms with Gasteiger partial charge in [-0.15, -0.1) is 0 Å². The molecule has 180 valence electrons. The molecule has 0 bridgehead atoms. The molecule has 6 nitrogen and oxygen atoms in total. The van der Waals surface area contributed by atoms with Crippen LogP contribution in [0, 0.1) is 0 Å². The van der Waals surface area contributed by atoms with Crippen LogP contribution in [0.2, 0.25) is 0 Å². The Morgan fingerprint density at radius 3 is 1.97 bits per heavy atom. The molecule has 3 aromatic rings. The van der Waals surface area contributed by atoms with Crippen molar-refractivity contribution in [3.8, 4) is 11.5 Å². The summed E-state index contributed by atoms with van der Waals surface area (Å²) in [6.07, 6.45) is 1.13. The fraction of sp³-hybridized carbons (Fsp3) is 0.241. The van der Waals surface area contributed by atoms with E-state index in [2.05, 4.69) is 0 Å². The summed E-state index contributed by atoms with van der Waals surface area (Å²) in [5.74, 6) is 0.822. The molecule has 1 heterocycles. The number of ketones is 1. The highest BCUT2D eigenvalue weighted by molar-refractivity contribution is 6.26. The van der Waals surface area contributed by atoms with Crippen LogP contribution in [0.15, 0.2) is 90.5 Å². The van der Waals surface area contributed by atoms with Gasteiger partial charge in [0.25, 0.3) is 5.91 Å². The largest absolute Gasteiger partial charge is 0.497 e. The number of methoxy groups -OCH3 is 2. The first-order valence-electron chi connectivity index (χ1n) is 11.5. The number of Topliss-reactive ketones (excluding diaryl/α,β-unsaturated/α-hetero) is 1. The minimum absolute atomic E-state index is 0.0421. The number of aliphatic hydroxyl groups excluding tert-OH is 1. The maximum atomic E-state index is 13.4. The molecule has 0 saturated carbocycles. The van der Waals surface area contributed by atoms with E-state index in [1.807, 2.05) is 78.9 Å². The van der Waals surface area contributed by atoms with Crippen LogP contribution in [0.1, 0.15) is 16.7 Å². The molecule has 1 amide bonds. The van der Waals surface area contributed by atoms with Crippen molar-refractivity contribution < 1.29 is 24.2 Å². The topological polar surface area (TPSA) is 76.1 Å². The summed E-state index contributed by atoms with van der Waals surface area (Å²) < 4.78 is 10.4. The maximum absolute atomic E-state index is 13.4. The highest BCUT2D eigenvalue weighted by Crippen LogP contribution is 2.27. The summed E-state index contributed by atoms with van der Waals surface area (Å²) in [6.45, 7) is 0.290. The van der Waals surface area contributed by atoms with E-state index >= 15 is 0 Å². The van der Waals surface area contributed by atoms with Gasteiger partial charge in [0.15, 0.2) is 5.78 Å². The zero-order valence-corrected chi connectivity index (χ0v) is 19.9. The lowest BCUT2D eigenvalue weighted by Crippen LogP contribution is -2.36. The van der Waals surface area contributed by atoms with Gasteiger partial charge in [-0.05, 0) is 47.0 Å². The van der Waals surface area contributed by atoms with Gasteiger partial charge < -0.3 is 19.5 Å². The lowest BCUT2D eigenvalue weighted by Gasteiger charge is -2.23. The summed E-state index contributed by atoms with van der Waals surface area (Å²) in [7, 11) is 3.19. The lowest BCUT2D eigenvalue weighted by molar-refractivity contribution is -0.127. The van der Waals surface area contributed by atoms with Crippen LogP contribution in [-0.2, 0) is 29.0 Å². The molecule has 1 unspecified atom stereocenters. The lowest BCUT2D eigenvalue weighted by atomic mass is 9.99. The Kier molecular flexibility index (Phi) is 7.63. The van der Waals surface area contributed by atoms with Crippen LogP contribution in [0.3, 0.4) is 0 Å². The van der Waals surface area contributed by atoms with E-state index in [4.69, 9.17) is 9.47 Å². The summed E-state index contributed by atoms with van der Waals surface area (Å²) in [4.78, 5) is 28.4. The monoisotopic (exact) mass is 471 g/mol. The second kappa shape index (κ2) is 11.0. The number of hydrogen-bond acceptors (Lipinski definition) is 5. The molecule has 0 radical (unpaired) electrons. The minimum Gasteiger partial charge on any atom is -0.497 e. The van der Waals surface area contributed by atoms with Crippen molar-refractivity contribution in [3.05, 3.63) is 107 Å². The smallest absolute Gasteiger partial charge is 0.258 e. The number of carbonyl (C=O) groups excluding carboxylic acids is 2. The van der Waals surface area contributed by atoms with Gasteiger partial charge >= 0.3 is 0 Å². The van der Waals surface area contributed by atoms with Crippen LogP contribution in [-0.4, -0.2) is 48.1 Å². The van der Waals surface area contributed by atoms with Gasteiger partial charge in [-0.1, -0.05) is 54.6 Å². The van der Waals surface area contributed by atoms with Crippen molar-refractivity contribution in [1.82, 2.24) is 4.90 Å². The zero-order valence-electron chi connectivity index (χ0n) is 19.9. The Morgan fingerprint density at radius 2 is 1.40 bits per heavy atom. The van der Waals surface area contributed by atoms with Crippen molar-refractivity contribution in [2.45, 2.75) is 31.5 Å². The number of ether oxygens (including phenoxy) is 2. The molecule has 2 atom stereocenters. The van der Waals surface area contributed by atoms with Crippen molar-refractivity contribution in [2.24, 2.45) is 0 Å². The van der Waals surface area contributed by atoms with Gasteiger partial charge in [0, 0.05) is 19.4 Å². The van der Waals surface area contributed by atoms with Gasteiger partial charge in [-0.3, -0.25) is 9.59 Å². The molecule has 0 aliphatic carbocycles. The first-order valence-corrected chi connectivity index (χ1v) is 11.5. The van der Waals surface area contributed by atoms with Crippen LogP contribution >= 0.6 is 0 Å². The fourth-order valence-corrected chi connectivity index (χ4v) is 4.28. The highest BCUT2D eigenvalue weighted by atomic mass is 16.5. The van der Waals surface area contributed by atoms with Crippen molar-refractivity contribution in [1.29, 1.82) is 0 Å². The average molecular weight is 472 g/mol. The quantitative estimate of drug-likeness (QED) is 0.380. The Bertz CT molecular complexity index is 1190. The Morgan fingerprint density at radius 1 is 0.829 bits per heavy atom. The number of carbonyl (C=O) groups is 2. The molecule has 1 saturated heterocycles. The van der Waals surface area contributed by atoms with E-state index in [1.165, 1.54) is 6.08 Å². The summed E-state index contributed by atoms with van der Waals surface area (Å²) in [6, 6.07) is 23.8. The van der Waals surface area contributed by atoms with E-state index < -0.39 is 12.1 Å². The first-order chi connectivity index (χ1) is 17.0. The van der Waals surface area contributed by atoms with Gasteiger partial charge in [0.2, 0.25) is 0 Å². The number of likely N-dealkylation sites (tertiary alicyclic amines) is 1. The Balaban J connectivity index is 1.57. The third-order valence-corrected chi connectivity index (χ3v) is 6.18. The molecular formula is C29H29NO5. The summed E-state index contributed by atoms with van der Waals surface area (Å²) in [5.41, 5.74) is 2.79. The number of nitrogens with zero attached hydrogens (tertiary/aromatic N) is 1. The summed E-state index contributed by atoms with van der Waals surface area (Å²) in [5, 5.41) is 10.7. The van der Waals surface area contributed by atoms with E-state index in [0.717, 1.165) is 28.2 Å². The minimum atomic E-state index is -0.968. The summed E-state index contributed by atoms with van der Waals surface area (Å²) >= 11 is 0. The van der Waals surface area contributed by atoms with Crippen LogP contribution in [0.5, 0.6) is 11.5 Å². The second-order valence-electron chi connectivity index (χ2n) is 8.55. The van der Waals surface area contributed by atoms with Crippen molar-refractivity contribution >= 4 is 11.7 Å². The van der Waals surface area contributed by atoms with Gasteiger partial charge in [0.1, 0.15) is 11.5 Å². The molecule has 1 aliphatic rings. The van der Waals surface area contributed by atoms with Crippen LogP contribution in [0.4, 0.5) is 0 Å². The Labute approximate surface area is 205 Å². The SMILES string of the molecule is COc1ccc(CC(O)/C=C2/C(=O)[C@H](Cc3ccccc3)N(Cc3ccc(OC)cc3)C2=O)cc1. The highest BCUT2D eigenvalue weighted by Gasteiger charge is 2.43. The molecule has 1 aliphatic heterocycles.